The first-order valence-electron chi connectivity index (χ1n) is 7.34. The van der Waals surface area contributed by atoms with Crippen LogP contribution in [0.15, 0.2) is 48.9 Å². The van der Waals surface area contributed by atoms with Crippen molar-refractivity contribution in [2.24, 2.45) is 0 Å². The van der Waals surface area contributed by atoms with E-state index in [1.165, 1.54) is 5.56 Å². The number of hydrogen-bond acceptors (Lipinski definition) is 3. The van der Waals surface area contributed by atoms with Crippen LogP contribution in [0.4, 0.5) is 0 Å². The fourth-order valence-corrected chi connectivity index (χ4v) is 2.60. The van der Waals surface area contributed by atoms with Gasteiger partial charge >= 0.3 is 0 Å². The van der Waals surface area contributed by atoms with Gasteiger partial charge in [-0.15, -0.1) is 0 Å². The van der Waals surface area contributed by atoms with Gasteiger partial charge in [-0.2, -0.15) is 5.10 Å². The Hall–Kier alpha value is -3.15. The number of carbonyl (C=O) groups is 1. The van der Waals surface area contributed by atoms with Crippen molar-refractivity contribution in [3.63, 3.8) is 0 Å². The van der Waals surface area contributed by atoms with Crippen LogP contribution < -0.4 is 5.32 Å². The maximum atomic E-state index is 12.3. The van der Waals surface area contributed by atoms with Crippen LogP contribution in [0.1, 0.15) is 21.6 Å². The summed E-state index contributed by atoms with van der Waals surface area (Å²) in [4.78, 5) is 16.8. The number of aromatic nitrogens is 4. The highest BCUT2D eigenvalue weighted by Gasteiger charge is 2.08. The summed E-state index contributed by atoms with van der Waals surface area (Å²) in [6, 6.07) is 9.44. The first-order chi connectivity index (χ1) is 11.2. The highest BCUT2D eigenvalue weighted by molar-refractivity contribution is 5.97. The second-order valence-corrected chi connectivity index (χ2v) is 5.56. The minimum Gasteiger partial charge on any atom is -0.346 e. The van der Waals surface area contributed by atoms with E-state index < -0.39 is 0 Å². The molecule has 0 saturated carbocycles. The number of benzene rings is 1. The number of hydrogen-bond donors (Lipinski definition) is 2. The van der Waals surface area contributed by atoms with Gasteiger partial charge in [-0.1, -0.05) is 6.07 Å². The molecule has 4 rings (SSSR count). The fraction of sp³-hybridized carbons (Fsp3) is 0.118. The molecular weight excluding hydrogens is 290 g/mol. The topological polar surface area (TPSA) is 75.1 Å². The van der Waals surface area contributed by atoms with Gasteiger partial charge in [-0.25, -0.2) is 4.98 Å². The molecule has 2 N–H and O–H groups in total. The quantitative estimate of drug-likeness (QED) is 0.610. The van der Waals surface area contributed by atoms with Gasteiger partial charge in [0.25, 0.3) is 5.91 Å². The van der Waals surface area contributed by atoms with Crippen molar-refractivity contribution in [1.29, 1.82) is 0 Å². The van der Waals surface area contributed by atoms with Crippen molar-refractivity contribution in [3.05, 3.63) is 65.7 Å². The van der Waals surface area contributed by atoms with Crippen LogP contribution in [0.5, 0.6) is 0 Å². The Labute approximate surface area is 132 Å². The number of rotatable bonds is 3. The van der Waals surface area contributed by atoms with E-state index in [2.05, 4.69) is 20.5 Å². The SMILES string of the molecule is Cc1ccc2nc(CNC(=O)c3ccc4[nH]ncc4c3)cn2c1. The minimum atomic E-state index is -0.124. The Morgan fingerprint density at radius 1 is 1.26 bits per heavy atom. The number of fused-ring (bicyclic) bond motifs is 2. The molecule has 0 spiro atoms. The molecule has 0 fully saturated rings. The van der Waals surface area contributed by atoms with Crippen molar-refractivity contribution < 1.29 is 4.79 Å². The summed E-state index contributed by atoms with van der Waals surface area (Å²) in [5.74, 6) is -0.124. The molecule has 0 aliphatic rings. The second-order valence-electron chi connectivity index (χ2n) is 5.56. The Morgan fingerprint density at radius 2 is 2.17 bits per heavy atom. The first kappa shape index (κ1) is 13.5. The van der Waals surface area contributed by atoms with E-state index in [-0.39, 0.29) is 5.91 Å². The summed E-state index contributed by atoms with van der Waals surface area (Å²) >= 11 is 0. The van der Waals surface area contributed by atoms with Crippen molar-refractivity contribution in [1.82, 2.24) is 24.9 Å². The van der Waals surface area contributed by atoms with E-state index in [4.69, 9.17) is 0 Å². The maximum absolute atomic E-state index is 12.3. The number of aryl methyl sites for hydroxylation is 1. The zero-order valence-electron chi connectivity index (χ0n) is 12.6. The van der Waals surface area contributed by atoms with Crippen molar-refractivity contribution in [2.45, 2.75) is 13.5 Å². The molecule has 1 amide bonds. The van der Waals surface area contributed by atoms with E-state index in [9.17, 15) is 4.79 Å². The van der Waals surface area contributed by atoms with Gasteiger partial charge in [0.15, 0.2) is 0 Å². The minimum absolute atomic E-state index is 0.124. The lowest BCUT2D eigenvalue weighted by Crippen LogP contribution is -2.22. The predicted molar refractivity (Wildman–Crippen MR) is 87.2 cm³/mol. The average molecular weight is 305 g/mol. The zero-order valence-corrected chi connectivity index (χ0v) is 12.6. The van der Waals surface area contributed by atoms with Crippen LogP contribution in [-0.4, -0.2) is 25.5 Å². The van der Waals surface area contributed by atoms with Crippen LogP contribution in [0.3, 0.4) is 0 Å². The van der Waals surface area contributed by atoms with E-state index in [1.54, 1.807) is 12.3 Å². The Morgan fingerprint density at radius 3 is 3.09 bits per heavy atom. The number of pyridine rings is 1. The molecule has 6 heteroatoms. The lowest BCUT2D eigenvalue weighted by molar-refractivity contribution is 0.0950. The molecule has 0 unspecified atom stereocenters. The predicted octanol–water partition coefficient (Wildman–Crippen LogP) is 2.45. The largest absolute Gasteiger partial charge is 0.346 e. The average Bonchev–Trinajstić information content (AvgIpc) is 3.17. The van der Waals surface area contributed by atoms with E-state index in [1.807, 2.05) is 48.0 Å². The normalized spacial score (nSPS) is 11.2. The monoisotopic (exact) mass is 305 g/mol. The van der Waals surface area contributed by atoms with Gasteiger partial charge in [0.05, 0.1) is 24.0 Å². The summed E-state index contributed by atoms with van der Waals surface area (Å²) < 4.78 is 1.97. The molecule has 23 heavy (non-hydrogen) atoms. The number of amides is 1. The maximum Gasteiger partial charge on any atom is 0.251 e. The number of nitrogens with one attached hydrogen (secondary N) is 2. The van der Waals surface area contributed by atoms with Crippen molar-refractivity contribution in [3.8, 4) is 0 Å². The molecule has 114 valence electrons. The van der Waals surface area contributed by atoms with Crippen LogP contribution >= 0.6 is 0 Å². The van der Waals surface area contributed by atoms with Crippen LogP contribution in [0.25, 0.3) is 16.6 Å². The standard InChI is InChI=1S/C17H15N5O/c1-11-2-5-16-20-14(10-22(16)9-11)8-18-17(23)12-3-4-15-13(6-12)7-19-21-15/h2-7,9-10H,8H2,1H3,(H,18,23)(H,19,21). The van der Waals surface area contributed by atoms with Gasteiger partial charge in [-0.05, 0) is 36.8 Å². The molecule has 1 aromatic carbocycles. The smallest absolute Gasteiger partial charge is 0.251 e. The van der Waals surface area contributed by atoms with Gasteiger partial charge in [0, 0.05) is 23.3 Å². The molecule has 0 aliphatic heterocycles. The molecular formula is C17H15N5O. The zero-order chi connectivity index (χ0) is 15.8. The molecule has 0 bridgehead atoms. The van der Waals surface area contributed by atoms with Crippen LogP contribution in [0, 0.1) is 6.92 Å². The molecule has 3 aromatic heterocycles. The highest BCUT2D eigenvalue weighted by atomic mass is 16.1. The third-order valence-corrected chi connectivity index (χ3v) is 3.78. The van der Waals surface area contributed by atoms with E-state index in [0.717, 1.165) is 22.2 Å². The van der Waals surface area contributed by atoms with Crippen LogP contribution in [0.2, 0.25) is 0 Å². The van der Waals surface area contributed by atoms with Crippen LogP contribution in [-0.2, 0) is 6.54 Å². The third-order valence-electron chi connectivity index (χ3n) is 3.78. The lowest BCUT2D eigenvalue weighted by atomic mass is 10.1. The van der Waals surface area contributed by atoms with E-state index in [0.29, 0.717) is 12.1 Å². The van der Waals surface area contributed by atoms with Gasteiger partial charge in [-0.3, -0.25) is 9.89 Å². The molecule has 0 radical (unpaired) electrons. The summed E-state index contributed by atoms with van der Waals surface area (Å²) in [7, 11) is 0. The summed E-state index contributed by atoms with van der Waals surface area (Å²) in [6.07, 6.45) is 5.65. The fourth-order valence-electron chi connectivity index (χ4n) is 2.60. The lowest BCUT2D eigenvalue weighted by Gasteiger charge is -2.03. The first-order valence-corrected chi connectivity index (χ1v) is 7.34. The number of nitrogens with zero attached hydrogens (tertiary/aromatic N) is 3. The number of H-pyrrole nitrogens is 1. The van der Waals surface area contributed by atoms with Gasteiger partial charge in [0.2, 0.25) is 0 Å². The highest BCUT2D eigenvalue weighted by Crippen LogP contribution is 2.13. The number of carbonyl (C=O) groups excluding carboxylic acids is 1. The second kappa shape index (κ2) is 5.24. The molecule has 6 nitrogen and oxygen atoms in total. The third kappa shape index (κ3) is 2.55. The molecule has 4 aromatic rings. The van der Waals surface area contributed by atoms with Gasteiger partial charge in [0.1, 0.15) is 5.65 Å². The Kier molecular flexibility index (Phi) is 3.08. The summed E-state index contributed by atoms with van der Waals surface area (Å²) in [6.45, 7) is 2.43. The molecule has 0 aliphatic carbocycles. The van der Waals surface area contributed by atoms with Gasteiger partial charge < -0.3 is 9.72 Å². The molecule has 3 heterocycles. The van der Waals surface area contributed by atoms with Crippen molar-refractivity contribution >= 4 is 22.5 Å². The van der Waals surface area contributed by atoms with Crippen molar-refractivity contribution in [2.75, 3.05) is 0 Å². The van der Waals surface area contributed by atoms with E-state index >= 15 is 0 Å². The molecule has 0 atom stereocenters. The summed E-state index contributed by atoms with van der Waals surface area (Å²) in [5.41, 5.74) is 4.39. The molecule has 0 saturated heterocycles. The Bertz CT molecular complexity index is 1010. The number of aromatic amines is 1. The summed E-state index contributed by atoms with van der Waals surface area (Å²) in [5, 5.41) is 10.6. The Balaban J connectivity index is 1.51. The number of imidazole rings is 1.